The van der Waals surface area contributed by atoms with Gasteiger partial charge in [-0.3, -0.25) is 14.9 Å². The van der Waals surface area contributed by atoms with Crippen LogP contribution in [0, 0.1) is 22.9 Å². The predicted molar refractivity (Wildman–Crippen MR) is 109 cm³/mol. The second-order valence-corrected chi connectivity index (χ2v) is 6.56. The molecule has 1 aromatic heterocycles. The van der Waals surface area contributed by atoms with Crippen LogP contribution in [0.25, 0.3) is 10.9 Å². The first-order valence-corrected chi connectivity index (χ1v) is 9.10. The van der Waals surface area contributed by atoms with Crippen molar-refractivity contribution in [2.24, 2.45) is 0 Å². The summed E-state index contributed by atoms with van der Waals surface area (Å²) in [6, 6.07) is 10.2. The maximum atomic E-state index is 13.4. The van der Waals surface area contributed by atoms with Gasteiger partial charge in [0.2, 0.25) is 5.82 Å². The summed E-state index contributed by atoms with van der Waals surface area (Å²) in [4.78, 5) is 39.2. The van der Waals surface area contributed by atoms with E-state index in [9.17, 15) is 24.1 Å². The molecule has 1 amide bonds. The van der Waals surface area contributed by atoms with Gasteiger partial charge in [0.15, 0.2) is 6.61 Å². The first kappa shape index (κ1) is 21.8. The Labute approximate surface area is 175 Å². The number of anilines is 1. The van der Waals surface area contributed by atoms with E-state index in [1.165, 1.54) is 7.11 Å². The van der Waals surface area contributed by atoms with E-state index in [2.05, 4.69) is 10.3 Å². The summed E-state index contributed by atoms with van der Waals surface area (Å²) in [7, 11) is 1.47. The fraction of sp³-hybridized carbons (Fsp3) is 0.190. The molecule has 0 saturated heterocycles. The molecule has 31 heavy (non-hydrogen) atoms. The van der Waals surface area contributed by atoms with Crippen molar-refractivity contribution in [1.82, 2.24) is 4.98 Å². The Morgan fingerprint density at radius 1 is 1.23 bits per heavy atom. The normalized spacial score (nSPS) is 10.7. The quantitative estimate of drug-likeness (QED) is 0.348. The monoisotopic (exact) mass is 427 g/mol. The molecule has 0 unspecified atom stereocenters. The zero-order chi connectivity index (χ0) is 22.5. The van der Waals surface area contributed by atoms with E-state index in [1.54, 1.807) is 6.92 Å². The summed E-state index contributed by atoms with van der Waals surface area (Å²) in [5.74, 6) is -2.53. The molecule has 0 aliphatic heterocycles. The van der Waals surface area contributed by atoms with Gasteiger partial charge in [-0.05, 0) is 30.7 Å². The highest BCUT2D eigenvalue weighted by Crippen LogP contribution is 2.24. The van der Waals surface area contributed by atoms with Crippen molar-refractivity contribution in [3.05, 3.63) is 75.2 Å². The minimum atomic E-state index is -1.03. The van der Waals surface area contributed by atoms with Crippen LogP contribution >= 0.6 is 0 Å². The Kier molecular flexibility index (Phi) is 6.51. The van der Waals surface area contributed by atoms with Crippen molar-refractivity contribution < 1.29 is 28.4 Å². The molecule has 2 aromatic carbocycles. The number of carbonyl (C=O) groups is 2. The number of halogens is 1. The third-order valence-corrected chi connectivity index (χ3v) is 4.47. The number of aromatic nitrogens is 1. The number of amides is 1. The predicted octanol–water partition coefficient (Wildman–Crippen LogP) is 3.53. The van der Waals surface area contributed by atoms with Crippen molar-refractivity contribution in [1.29, 1.82) is 0 Å². The number of rotatable bonds is 7. The lowest BCUT2D eigenvalue weighted by molar-refractivity contribution is -0.387. The highest BCUT2D eigenvalue weighted by Gasteiger charge is 2.21. The smallest absolute Gasteiger partial charge is 0.340 e. The Balaban J connectivity index is 1.76. The minimum Gasteiger partial charge on any atom is -0.452 e. The molecule has 160 valence electrons. The van der Waals surface area contributed by atoms with Gasteiger partial charge in [0.05, 0.1) is 28.3 Å². The molecule has 3 rings (SSSR count). The number of benzene rings is 2. The molecule has 0 fully saturated rings. The SMILES string of the molecule is COCc1nc2ccccc2c(C)c1C(=O)OCC(=O)Nc1ccc(F)c([N+](=O)[O-])c1. The van der Waals surface area contributed by atoms with Gasteiger partial charge in [-0.1, -0.05) is 18.2 Å². The number of ether oxygens (including phenoxy) is 2. The van der Waals surface area contributed by atoms with Crippen molar-refractivity contribution in [3.8, 4) is 0 Å². The van der Waals surface area contributed by atoms with E-state index in [-0.39, 0.29) is 17.9 Å². The number of aryl methyl sites for hydroxylation is 1. The van der Waals surface area contributed by atoms with Gasteiger partial charge in [-0.25, -0.2) is 9.78 Å². The zero-order valence-corrected chi connectivity index (χ0v) is 16.7. The summed E-state index contributed by atoms with van der Waals surface area (Å²) in [5, 5.41) is 13.9. The molecule has 0 radical (unpaired) electrons. The van der Waals surface area contributed by atoms with Crippen molar-refractivity contribution in [2.45, 2.75) is 13.5 Å². The number of para-hydroxylation sites is 1. The van der Waals surface area contributed by atoms with Crippen LogP contribution in [0.5, 0.6) is 0 Å². The number of nitrogens with one attached hydrogen (secondary N) is 1. The molecule has 0 saturated carbocycles. The van der Waals surface area contributed by atoms with Gasteiger partial charge < -0.3 is 14.8 Å². The third-order valence-electron chi connectivity index (χ3n) is 4.47. The van der Waals surface area contributed by atoms with Crippen LogP contribution in [0.2, 0.25) is 0 Å². The molecule has 3 aromatic rings. The molecule has 1 N–H and O–H groups in total. The summed E-state index contributed by atoms with van der Waals surface area (Å²) < 4.78 is 23.7. The number of hydrogen-bond acceptors (Lipinski definition) is 7. The standard InChI is InChI=1S/C21H18FN3O6/c1-12-14-5-3-4-6-16(14)24-17(10-30-2)20(12)21(27)31-11-19(26)23-13-7-8-15(22)18(9-13)25(28)29/h3-9H,10-11H2,1-2H3,(H,23,26). The fourth-order valence-corrected chi connectivity index (χ4v) is 3.08. The summed E-state index contributed by atoms with van der Waals surface area (Å²) in [6.07, 6.45) is 0. The maximum Gasteiger partial charge on any atom is 0.340 e. The number of carbonyl (C=O) groups excluding carboxylic acids is 2. The minimum absolute atomic E-state index is 0.00206. The topological polar surface area (TPSA) is 121 Å². The van der Waals surface area contributed by atoms with Gasteiger partial charge in [0, 0.05) is 24.2 Å². The zero-order valence-electron chi connectivity index (χ0n) is 16.7. The molecule has 0 aliphatic carbocycles. The second-order valence-electron chi connectivity index (χ2n) is 6.56. The number of pyridine rings is 1. The molecule has 1 heterocycles. The number of methoxy groups -OCH3 is 1. The molecular formula is C21H18FN3O6. The molecule has 0 bridgehead atoms. The number of hydrogen-bond donors (Lipinski definition) is 1. The van der Waals surface area contributed by atoms with Gasteiger partial charge in [-0.2, -0.15) is 4.39 Å². The second kappa shape index (κ2) is 9.26. The Hall–Kier alpha value is -3.92. The van der Waals surface area contributed by atoms with E-state index in [1.807, 2.05) is 24.3 Å². The highest BCUT2D eigenvalue weighted by molar-refractivity contribution is 6.00. The molecular weight excluding hydrogens is 409 g/mol. The van der Waals surface area contributed by atoms with E-state index in [0.29, 0.717) is 16.8 Å². The number of nitro groups is 1. The summed E-state index contributed by atoms with van der Waals surface area (Å²) in [5.41, 5.74) is 1.12. The number of esters is 1. The van der Waals surface area contributed by atoms with Crippen LogP contribution in [0.4, 0.5) is 15.8 Å². The average molecular weight is 427 g/mol. The number of nitrogens with zero attached hydrogens (tertiary/aromatic N) is 2. The third kappa shape index (κ3) is 4.81. The van der Waals surface area contributed by atoms with Gasteiger partial charge >= 0.3 is 11.7 Å². The van der Waals surface area contributed by atoms with Gasteiger partial charge in [0.1, 0.15) is 0 Å². The van der Waals surface area contributed by atoms with Crippen LogP contribution in [0.3, 0.4) is 0 Å². The Morgan fingerprint density at radius 3 is 2.68 bits per heavy atom. The van der Waals surface area contributed by atoms with E-state index < -0.39 is 34.9 Å². The van der Waals surface area contributed by atoms with Crippen molar-refractivity contribution in [2.75, 3.05) is 19.0 Å². The highest BCUT2D eigenvalue weighted by atomic mass is 19.1. The molecule has 0 atom stereocenters. The number of nitro benzene ring substituents is 1. The van der Waals surface area contributed by atoms with Crippen LogP contribution in [0.15, 0.2) is 42.5 Å². The first-order chi connectivity index (χ1) is 14.8. The largest absolute Gasteiger partial charge is 0.452 e. The van der Waals surface area contributed by atoms with Crippen LogP contribution in [-0.4, -0.2) is 35.5 Å². The Morgan fingerprint density at radius 2 is 1.97 bits per heavy atom. The molecule has 9 nitrogen and oxygen atoms in total. The molecule has 10 heteroatoms. The van der Waals surface area contributed by atoms with Crippen molar-refractivity contribution >= 4 is 34.2 Å². The van der Waals surface area contributed by atoms with Crippen LogP contribution in [0.1, 0.15) is 21.6 Å². The van der Waals surface area contributed by atoms with E-state index in [0.717, 1.165) is 23.6 Å². The lowest BCUT2D eigenvalue weighted by atomic mass is 10.0. The number of fused-ring (bicyclic) bond motifs is 1. The average Bonchev–Trinajstić information content (AvgIpc) is 2.74. The lowest BCUT2D eigenvalue weighted by Crippen LogP contribution is -2.22. The lowest BCUT2D eigenvalue weighted by Gasteiger charge is -2.14. The summed E-state index contributed by atoms with van der Waals surface area (Å²) in [6.45, 7) is 1.17. The van der Waals surface area contributed by atoms with E-state index >= 15 is 0 Å². The Bertz CT molecular complexity index is 1180. The van der Waals surface area contributed by atoms with Crippen LogP contribution in [-0.2, 0) is 20.9 Å². The fourth-order valence-electron chi connectivity index (χ4n) is 3.08. The van der Waals surface area contributed by atoms with Crippen LogP contribution < -0.4 is 5.32 Å². The van der Waals surface area contributed by atoms with Gasteiger partial charge in [0.25, 0.3) is 5.91 Å². The van der Waals surface area contributed by atoms with E-state index in [4.69, 9.17) is 9.47 Å². The van der Waals surface area contributed by atoms with Crippen molar-refractivity contribution in [3.63, 3.8) is 0 Å². The maximum absolute atomic E-state index is 13.4. The molecule has 0 aliphatic rings. The van der Waals surface area contributed by atoms with Gasteiger partial charge in [-0.15, -0.1) is 0 Å². The first-order valence-electron chi connectivity index (χ1n) is 9.10. The summed E-state index contributed by atoms with van der Waals surface area (Å²) >= 11 is 0. The molecule has 0 spiro atoms.